The van der Waals surface area contributed by atoms with Gasteiger partial charge in [0.05, 0.1) is 14.2 Å². The van der Waals surface area contributed by atoms with Crippen LogP contribution >= 0.6 is 15.9 Å². The largest absolute Gasteiger partial charge is 0.493 e. The molecule has 0 aliphatic heterocycles. The summed E-state index contributed by atoms with van der Waals surface area (Å²) in [6.45, 7) is 1.28. The van der Waals surface area contributed by atoms with Crippen molar-refractivity contribution in [1.29, 1.82) is 0 Å². The van der Waals surface area contributed by atoms with Crippen LogP contribution in [0.5, 0.6) is 11.5 Å². The molecule has 1 aromatic carbocycles. The predicted octanol–water partition coefficient (Wildman–Crippen LogP) is 1.95. The zero-order chi connectivity index (χ0) is 16.9. The van der Waals surface area contributed by atoms with Crippen molar-refractivity contribution in [2.24, 2.45) is 0 Å². The molecule has 0 radical (unpaired) electrons. The molecule has 0 aliphatic carbocycles. The Morgan fingerprint density at radius 1 is 1.27 bits per heavy atom. The highest BCUT2D eigenvalue weighted by Crippen LogP contribution is 2.36. The Balaban J connectivity index is 3.39. The summed E-state index contributed by atoms with van der Waals surface area (Å²) in [6.07, 6.45) is 0.497. The smallest absolute Gasteiger partial charge is 0.318 e. The van der Waals surface area contributed by atoms with Gasteiger partial charge in [-0.05, 0) is 28.4 Å². The first-order valence-corrected chi connectivity index (χ1v) is 8.64. The Bertz CT molecular complexity index is 646. The van der Waals surface area contributed by atoms with Crippen LogP contribution in [-0.2, 0) is 14.8 Å². The third-order valence-corrected chi connectivity index (χ3v) is 5.64. The van der Waals surface area contributed by atoms with E-state index in [1.807, 2.05) is 0 Å². The van der Waals surface area contributed by atoms with Crippen LogP contribution in [0.15, 0.2) is 21.5 Å². The van der Waals surface area contributed by atoms with Crippen molar-refractivity contribution in [3.05, 3.63) is 16.6 Å². The zero-order valence-corrected chi connectivity index (χ0v) is 14.9. The molecule has 9 heteroatoms. The van der Waals surface area contributed by atoms with Crippen LogP contribution in [0.25, 0.3) is 0 Å². The van der Waals surface area contributed by atoms with Crippen molar-refractivity contribution >= 4 is 31.9 Å². The van der Waals surface area contributed by atoms with Crippen LogP contribution in [0.2, 0.25) is 0 Å². The van der Waals surface area contributed by atoms with Gasteiger partial charge in [0.1, 0.15) is 11.4 Å². The molecule has 0 aliphatic rings. The van der Waals surface area contributed by atoms with E-state index in [2.05, 4.69) is 15.9 Å². The number of carboxylic acid groups (broad SMARTS) is 1. The van der Waals surface area contributed by atoms with Gasteiger partial charge in [-0.1, -0.05) is 6.92 Å². The molecule has 0 bridgehead atoms. The summed E-state index contributed by atoms with van der Waals surface area (Å²) in [6, 6.07) is 2.78. The molecular formula is C13H18BrNO6S. The fourth-order valence-corrected chi connectivity index (χ4v) is 4.34. The number of hydrogen-bond acceptors (Lipinski definition) is 5. The maximum Gasteiger partial charge on any atom is 0.318 e. The van der Waals surface area contributed by atoms with Gasteiger partial charge in [-0.25, -0.2) is 8.42 Å². The van der Waals surface area contributed by atoms with Crippen LogP contribution in [0.1, 0.15) is 13.3 Å². The third-order valence-electron chi connectivity index (χ3n) is 2.84. The Morgan fingerprint density at radius 3 is 2.27 bits per heavy atom. The Hall–Kier alpha value is -1.32. The first kappa shape index (κ1) is 18.7. The molecule has 124 valence electrons. The van der Waals surface area contributed by atoms with E-state index in [-0.39, 0.29) is 21.7 Å². The van der Waals surface area contributed by atoms with E-state index in [1.165, 1.54) is 26.4 Å². The number of carboxylic acids is 1. The van der Waals surface area contributed by atoms with Gasteiger partial charge in [0.2, 0.25) is 10.0 Å². The molecule has 0 saturated carbocycles. The lowest BCUT2D eigenvalue weighted by Crippen LogP contribution is -2.36. The average molecular weight is 396 g/mol. The lowest BCUT2D eigenvalue weighted by Gasteiger charge is -2.21. The molecule has 1 rings (SSSR count). The van der Waals surface area contributed by atoms with Gasteiger partial charge in [-0.15, -0.1) is 0 Å². The molecule has 1 N–H and O–H groups in total. The monoisotopic (exact) mass is 395 g/mol. The van der Waals surface area contributed by atoms with E-state index >= 15 is 0 Å². The number of benzene rings is 1. The summed E-state index contributed by atoms with van der Waals surface area (Å²) in [5.74, 6) is -0.599. The number of nitrogens with zero attached hydrogens (tertiary/aromatic N) is 1. The third kappa shape index (κ3) is 4.11. The Morgan fingerprint density at radius 2 is 1.82 bits per heavy atom. The second-order valence-corrected chi connectivity index (χ2v) is 7.13. The highest BCUT2D eigenvalue weighted by molar-refractivity contribution is 9.10. The minimum atomic E-state index is -3.98. The molecule has 0 fully saturated rings. The average Bonchev–Trinajstić information content (AvgIpc) is 2.45. The Kier molecular flexibility index (Phi) is 6.64. The fraction of sp³-hybridized carbons (Fsp3) is 0.462. The van der Waals surface area contributed by atoms with Crippen molar-refractivity contribution in [3.8, 4) is 11.5 Å². The number of hydrogen-bond donors (Lipinski definition) is 1. The number of methoxy groups -OCH3 is 2. The summed E-state index contributed by atoms with van der Waals surface area (Å²) in [7, 11) is -1.15. The maximum absolute atomic E-state index is 12.7. The van der Waals surface area contributed by atoms with Gasteiger partial charge in [0, 0.05) is 17.1 Å². The summed E-state index contributed by atoms with van der Waals surface area (Å²) in [4.78, 5) is 10.8. The van der Waals surface area contributed by atoms with Crippen molar-refractivity contribution in [3.63, 3.8) is 0 Å². The van der Waals surface area contributed by atoms with Gasteiger partial charge in [0.15, 0.2) is 11.5 Å². The number of halogens is 1. The fourth-order valence-electron chi connectivity index (χ4n) is 1.86. The topological polar surface area (TPSA) is 93.1 Å². The van der Waals surface area contributed by atoms with Gasteiger partial charge >= 0.3 is 5.97 Å². The summed E-state index contributed by atoms with van der Waals surface area (Å²) in [5, 5.41) is 8.91. The van der Waals surface area contributed by atoms with E-state index in [1.54, 1.807) is 6.92 Å². The molecule has 0 atom stereocenters. The van der Waals surface area contributed by atoms with Crippen molar-refractivity contribution in [2.75, 3.05) is 27.3 Å². The van der Waals surface area contributed by atoms with Crippen LogP contribution < -0.4 is 9.47 Å². The standard InChI is InChI=1S/C13H18BrNO6S/c1-4-5-15(8-13(16)17)22(18,19)12-7-11(21-3)10(20-2)6-9(12)14/h6-7H,4-5,8H2,1-3H3,(H,16,17). The van der Waals surface area contributed by atoms with Gasteiger partial charge < -0.3 is 14.6 Å². The van der Waals surface area contributed by atoms with E-state index in [0.717, 1.165) is 4.31 Å². The Labute approximate surface area is 138 Å². The molecule has 7 nitrogen and oxygen atoms in total. The maximum atomic E-state index is 12.7. The molecule has 0 saturated heterocycles. The first-order valence-electron chi connectivity index (χ1n) is 6.41. The SMILES string of the molecule is CCCN(CC(=O)O)S(=O)(=O)c1cc(OC)c(OC)cc1Br. The number of sulfonamides is 1. The van der Waals surface area contributed by atoms with Crippen molar-refractivity contribution < 1.29 is 27.8 Å². The second kappa shape index (κ2) is 7.80. The highest BCUT2D eigenvalue weighted by atomic mass is 79.9. The molecule has 0 spiro atoms. The van der Waals surface area contributed by atoms with E-state index in [4.69, 9.17) is 14.6 Å². The normalized spacial score (nSPS) is 11.5. The first-order chi connectivity index (χ1) is 10.3. The summed E-state index contributed by atoms with van der Waals surface area (Å²) < 4.78 is 36.8. The number of aliphatic carboxylic acids is 1. The molecule has 0 amide bonds. The molecule has 22 heavy (non-hydrogen) atoms. The number of rotatable bonds is 8. The van der Waals surface area contributed by atoms with E-state index in [0.29, 0.717) is 12.2 Å². The second-order valence-electron chi connectivity index (χ2n) is 4.37. The van der Waals surface area contributed by atoms with Crippen molar-refractivity contribution in [2.45, 2.75) is 18.2 Å². The lowest BCUT2D eigenvalue weighted by molar-refractivity contribution is -0.137. The molecular weight excluding hydrogens is 378 g/mol. The van der Waals surface area contributed by atoms with Gasteiger partial charge in [0.25, 0.3) is 0 Å². The van der Waals surface area contributed by atoms with Crippen LogP contribution in [0.3, 0.4) is 0 Å². The number of ether oxygens (including phenoxy) is 2. The summed E-state index contributed by atoms with van der Waals surface area (Å²) in [5.41, 5.74) is 0. The van der Waals surface area contributed by atoms with E-state index in [9.17, 15) is 13.2 Å². The molecule has 1 aromatic rings. The van der Waals surface area contributed by atoms with Gasteiger partial charge in [-0.3, -0.25) is 4.79 Å². The van der Waals surface area contributed by atoms with Crippen LogP contribution in [0, 0.1) is 0 Å². The highest BCUT2D eigenvalue weighted by Gasteiger charge is 2.29. The predicted molar refractivity (Wildman–Crippen MR) is 83.9 cm³/mol. The van der Waals surface area contributed by atoms with Gasteiger partial charge in [-0.2, -0.15) is 4.31 Å². The van der Waals surface area contributed by atoms with Crippen LogP contribution in [0.4, 0.5) is 0 Å². The minimum absolute atomic E-state index is 0.0696. The van der Waals surface area contributed by atoms with Crippen LogP contribution in [-0.4, -0.2) is 51.1 Å². The molecule has 0 aromatic heterocycles. The minimum Gasteiger partial charge on any atom is -0.493 e. The van der Waals surface area contributed by atoms with Crippen molar-refractivity contribution in [1.82, 2.24) is 4.31 Å². The number of carbonyl (C=O) groups is 1. The summed E-state index contributed by atoms with van der Waals surface area (Å²) >= 11 is 3.18. The molecule has 0 heterocycles. The lowest BCUT2D eigenvalue weighted by atomic mass is 10.3. The van der Waals surface area contributed by atoms with E-state index < -0.39 is 22.5 Å². The zero-order valence-electron chi connectivity index (χ0n) is 12.5. The quantitative estimate of drug-likeness (QED) is 0.722. The molecule has 0 unspecified atom stereocenters.